The van der Waals surface area contributed by atoms with E-state index in [1.165, 1.54) is 6.20 Å². The summed E-state index contributed by atoms with van der Waals surface area (Å²) in [7, 11) is -3.66. The largest absolute Gasteiger partial charge is 0.379 e. The Labute approximate surface area is 159 Å². The molecule has 3 fully saturated rings. The molecule has 150 valence electrons. The number of carbonyl (C=O) groups is 1. The van der Waals surface area contributed by atoms with E-state index in [1.54, 1.807) is 15.8 Å². The Bertz CT molecular complexity index is 768. The lowest BCUT2D eigenvalue weighted by atomic mass is 10.1. The van der Waals surface area contributed by atoms with Gasteiger partial charge in [0.2, 0.25) is 10.0 Å². The number of urea groups is 1. The number of rotatable bonds is 4. The number of likely N-dealkylation sites (tertiary alicyclic amines) is 2. The van der Waals surface area contributed by atoms with Crippen molar-refractivity contribution in [3.05, 3.63) is 12.4 Å². The van der Waals surface area contributed by atoms with Gasteiger partial charge in [-0.05, 0) is 32.1 Å². The van der Waals surface area contributed by atoms with Gasteiger partial charge in [0.1, 0.15) is 4.90 Å². The first kappa shape index (κ1) is 18.7. The maximum absolute atomic E-state index is 12.8. The van der Waals surface area contributed by atoms with E-state index in [4.69, 9.17) is 4.74 Å². The lowest BCUT2D eigenvalue weighted by Gasteiger charge is -2.35. The topological polar surface area (TPSA) is 96.8 Å². The van der Waals surface area contributed by atoms with E-state index in [2.05, 4.69) is 9.82 Å². The smallest absolute Gasteiger partial charge is 0.320 e. The molecule has 3 aliphatic rings. The summed E-state index contributed by atoms with van der Waals surface area (Å²) in [6, 6.07) is -0.142. The van der Waals surface area contributed by atoms with Gasteiger partial charge in [-0.1, -0.05) is 0 Å². The van der Waals surface area contributed by atoms with E-state index in [0.29, 0.717) is 26.3 Å². The first-order valence-corrected chi connectivity index (χ1v) is 11.2. The van der Waals surface area contributed by atoms with Crippen LogP contribution in [-0.4, -0.2) is 79.5 Å². The number of aromatic nitrogens is 2. The molecule has 2 amide bonds. The Balaban J connectivity index is 1.39. The van der Waals surface area contributed by atoms with Crippen molar-refractivity contribution in [1.29, 1.82) is 0 Å². The molecule has 3 aliphatic heterocycles. The van der Waals surface area contributed by atoms with Gasteiger partial charge in [-0.25, -0.2) is 17.9 Å². The third-order valence-electron chi connectivity index (χ3n) is 5.56. The SMILES string of the molecule is O=C(N1CCCC1)N1CCCC(NS(=O)(=O)c2cnn(C3CCOC3)c2)C1. The van der Waals surface area contributed by atoms with Crippen LogP contribution in [0.4, 0.5) is 4.79 Å². The maximum Gasteiger partial charge on any atom is 0.320 e. The van der Waals surface area contributed by atoms with Crippen LogP contribution in [0.2, 0.25) is 0 Å². The molecule has 3 saturated heterocycles. The molecule has 0 bridgehead atoms. The Kier molecular flexibility index (Phi) is 5.38. The van der Waals surface area contributed by atoms with Crippen molar-refractivity contribution in [2.45, 2.75) is 49.1 Å². The molecule has 0 spiro atoms. The number of sulfonamides is 1. The number of hydrogen-bond acceptors (Lipinski definition) is 5. The molecular weight excluding hydrogens is 370 g/mol. The maximum atomic E-state index is 12.8. The third kappa shape index (κ3) is 4.12. The Hall–Kier alpha value is -1.65. The first-order chi connectivity index (χ1) is 13.0. The van der Waals surface area contributed by atoms with Crippen LogP contribution in [0.25, 0.3) is 0 Å². The zero-order valence-corrected chi connectivity index (χ0v) is 16.2. The van der Waals surface area contributed by atoms with E-state index in [0.717, 1.165) is 45.2 Å². The fourth-order valence-corrected chi connectivity index (χ4v) is 5.23. The van der Waals surface area contributed by atoms with E-state index in [1.807, 2.05) is 4.90 Å². The van der Waals surface area contributed by atoms with Crippen molar-refractivity contribution >= 4 is 16.1 Å². The van der Waals surface area contributed by atoms with E-state index >= 15 is 0 Å². The van der Waals surface area contributed by atoms with Crippen molar-refractivity contribution in [1.82, 2.24) is 24.3 Å². The number of hydrogen-bond donors (Lipinski definition) is 1. The monoisotopic (exact) mass is 397 g/mol. The Morgan fingerprint density at radius 2 is 1.93 bits per heavy atom. The first-order valence-electron chi connectivity index (χ1n) is 9.71. The predicted octanol–water partition coefficient (Wildman–Crippen LogP) is 0.803. The summed E-state index contributed by atoms with van der Waals surface area (Å²) in [6.45, 7) is 3.94. The number of nitrogens with zero attached hydrogens (tertiary/aromatic N) is 4. The molecule has 10 heteroatoms. The summed E-state index contributed by atoms with van der Waals surface area (Å²) < 4.78 is 35.3. The third-order valence-corrected chi connectivity index (χ3v) is 7.03. The van der Waals surface area contributed by atoms with Gasteiger partial charge in [0.15, 0.2) is 0 Å². The van der Waals surface area contributed by atoms with Gasteiger partial charge < -0.3 is 14.5 Å². The van der Waals surface area contributed by atoms with Crippen molar-refractivity contribution < 1.29 is 17.9 Å². The van der Waals surface area contributed by atoms with Gasteiger partial charge in [0.05, 0.1) is 18.8 Å². The van der Waals surface area contributed by atoms with Crippen LogP contribution in [0.5, 0.6) is 0 Å². The number of nitrogens with one attached hydrogen (secondary N) is 1. The van der Waals surface area contributed by atoms with Crippen molar-refractivity contribution in [2.24, 2.45) is 0 Å². The second-order valence-corrected chi connectivity index (χ2v) is 9.27. The molecule has 0 aromatic carbocycles. The molecule has 1 N–H and O–H groups in total. The van der Waals surface area contributed by atoms with E-state index < -0.39 is 10.0 Å². The molecule has 0 radical (unpaired) electrons. The molecule has 0 saturated carbocycles. The highest BCUT2D eigenvalue weighted by Crippen LogP contribution is 2.21. The fraction of sp³-hybridized carbons (Fsp3) is 0.765. The minimum atomic E-state index is -3.66. The summed E-state index contributed by atoms with van der Waals surface area (Å²) in [4.78, 5) is 16.4. The van der Waals surface area contributed by atoms with Crippen molar-refractivity contribution in [2.75, 3.05) is 39.4 Å². The van der Waals surface area contributed by atoms with Gasteiger partial charge >= 0.3 is 6.03 Å². The molecule has 4 heterocycles. The summed E-state index contributed by atoms with van der Waals surface area (Å²) in [5, 5.41) is 4.20. The molecule has 0 aliphatic carbocycles. The van der Waals surface area contributed by atoms with Crippen LogP contribution in [0.15, 0.2) is 17.3 Å². The summed E-state index contributed by atoms with van der Waals surface area (Å²) >= 11 is 0. The van der Waals surface area contributed by atoms with Crippen LogP contribution in [0.3, 0.4) is 0 Å². The van der Waals surface area contributed by atoms with Crippen LogP contribution in [-0.2, 0) is 14.8 Å². The Morgan fingerprint density at radius 1 is 1.15 bits per heavy atom. The average Bonchev–Trinajstić information content (AvgIpc) is 3.43. The highest BCUT2D eigenvalue weighted by atomic mass is 32.2. The quantitative estimate of drug-likeness (QED) is 0.811. The number of amides is 2. The molecule has 1 aromatic heterocycles. The lowest BCUT2D eigenvalue weighted by Crippen LogP contribution is -2.52. The van der Waals surface area contributed by atoms with Gasteiger partial charge in [-0.3, -0.25) is 4.68 Å². The minimum Gasteiger partial charge on any atom is -0.379 e. The minimum absolute atomic E-state index is 0.0328. The molecular formula is C17H27N5O4S. The zero-order valence-electron chi connectivity index (χ0n) is 15.4. The number of carbonyl (C=O) groups excluding carboxylic acids is 1. The summed E-state index contributed by atoms with van der Waals surface area (Å²) in [5.74, 6) is 0. The van der Waals surface area contributed by atoms with Crippen LogP contribution < -0.4 is 4.72 Å². The van der Waals surface area contributed by atoms with Gasteiger partial charge in [-0.2, -0.15) is 5.10 Å². The van der Waals surface area contributed by atoms with E-state index in [9.17, 15) is 13.2 Å². The van der Waals surface area contributed by atoms with Gasteiger partial charge in [0, 0.05) is 45.0 Å². The summed E-state index contributed by atoms with van der Waals surface area (Å²) in [5.41, 5.74) is 0. The summed E-state index contributed by atoms with van der Waals surface area (Å²) in [6.07, 6.45) is 7.41. The molecule has 27 heavy (non-hydrogen) atoms. The van der Waals surface area contributed by atoms with Crippen LogP contribution in [0, 0.1) is 0 Å². The molecule has 2 unspecified atom stereocenters. The average molecular weight is 398 g/mol. The fourth-order valence-electron chi connectivity index (χ4n) is 4.03. The normalized spacial score (nSPS) is 26.7. The lowest BCUT2D eigenvalue weighted by molar-refractivity contribution is 0.145. The predicted molar refractivity (Wildman–Crippen MR) is 97.8 cm³/mol. The molecule has 2 atom stereocenters. The van der Waals surface area contributed by atoms with Gasteiger partial charge in [-0.15, -0.1) is 0 Å². The van der Waals surface area contributed by atoms with Crippen molar-refractivity contribution in [3.63, 3.8) is 0 Å². The van der Waals surface area contributed by atoms with Crippen molar-refractivity contribution in [3.8, 4) is 0 Å². The Morgan fingerprint density at radius 3 is 2.67 bits per heavy atom. The van der Waals surface area contributed by atoms with Crippen LogP contribution >= 0.6 is 0 Å². The number of ether oxygens (including phenoxy) is 1. The second-order valence-electron chi connectivity index (χ2n) is 7.56. The molecule has 9 nitrogen and oxygen atoms in total. The number of piperidine rings is 1. The van der Waals surface area contributed by atoms with Gasteiger partial charge in [0.25, 0.3) is 0 Å². The molecule has 1 aromatic rings. The van der Waals surface area contributed by atoms with E-state index in [-0.39, 0.29) is 23.0 Å². The zero-order chi connectivity index (χ0) is 18.9. The standard InChI is InChI=1S/C17H27N5O4S/c23-17(20-6-1-2-7-20)21-8-3-4-14(11-21)19-27(24,25)16-10-18-22(12-16)15-5-9-26-13-15/h10,12,14-15,19H,1-9,11,13H2. The second kappa shape index (κ2) is 7.76. The molecule has 4 rings (SSSR count). The van der Waals surface area contributed by atoms with Crippen LogP contribution in [0.1, 0.15) is 38.1 Å². The highest BCUT2D eigenvalue weighted by Gasteiger charge is 2.31. The highest BCUT2D eigenvalue weighted by molar-refractivity contribution is 7.89.